The van der Waals surface area contributed by atoms with Gasteiger partial charge in [0.2, 0.25) is 0 Å². The highest BCUT2D eigenvalue weighted by Crippen LogP contribution is 2.40. The Morgan fingerprint density at radius 3 is 1.08 bits per heavy atom. The number of pyridine rings is 2. The molecule has 0 atom stereocenters. The molecule has 0 aliphatic rings. The van der Waals surface area contributed by atoms with Crippen LogP contribution in [0, 0.1) is 45.3 Å². The zero-order valence-corrected chi connectivity index (χ0v) is 42.6. The van der Waals surface area contributed by atoms with Gasteiger partial charge in [0.05, 0.1) is 68.6 Å². The van der Waals surface area contributed by atoms with E-state index >= 15 is 0 Å². The lowest BCUT2D eigenvalue weighted by molar-refractivity contribution is 1.19. The highest BCUT2D eigenvalue weighted by Gasteiger charge is 2.23. The number of hydrogen-bond acceptors (Lipinski definition) is 8. The molecule has 0 bridgehead atoms. The monoisotopic (exact) mass is 1100 g/mol. The molecule has 0 amide bonds. The third-order valence-electron chi connectivity index (χ3n) is 14.2. The van der Waals surface area contributed by atoms with Gasteiger partial charge >= 0.3 is 0 Å². The van der Waals surface area contributed by atoms with Gasteiger partial charge in [-0.1, -0.05) is 111 Å². The second-order valence-corrected chi connectivity index (χ2v) is 20.0. The van der Waals surface area contributed by atoms with Crippen LogP contribution in [0.25, 0.3) is 121 Å². The van der Waals surface area contributed by atoms with Gasteiger partial charge in [0.1, 0.15) is 11.3 Å². The van der Waals surface area contributed by atoms with E-state index in [0.717, 1.165) is 85.8 Å². The summed E-state index contributed by atoms with van der Waals surface area (Å²) in [6, 6.07) is 65.8. The van der Waals surface area contributed by atoms with Gasteiger partial charge < -0.3 is 0 Å². The van der Waals surface area contributed by atoms with Gasteiger partial charge in [-0.3, -0.25) is 18.4 Å². The van der Waals surface area contributed by atoms with E-state index in [0.29, 0.717) is 66.4 Å². The van der Waals surface area contributed by atoms with Crippen LogP contribution >= 0.6 is 31.9 Å². The van der Waals surface area contributed by atoms with Gasteiger partial charge in [-0.25, -0.2) is 9.97 Å². The maximum atomic E-state index is 14.0. The molecular weight excluding hydrogens is 1070 g/mol. The molecule has 0 saturated carbocycles. The van der Waals surface area contributed by atoms with E-state index in [4.69, 9.17) is 9.97 Å². The standard InChI is InChI=1S/2C32H15BrN4O/c33-27-13-12-24-29-23(27)2-1-3-25(29)32(38)37-28-15-22(20-8-4-18(16-34)5-9-20)14-26(30(28)36-31(24)37)21-10-6-19(17-35)7-11-21;33-27-13-12-25-29-23(27)2-1-3-24(29)31-36-30-26(21-10-6-19(17-35)7-11-21)14-22(15-28(30)37(31)32(25)38)20-8-4-18(16-34)5-9-20/h2*1-15H. The van der Waals surface area contributed by atoms with Gasteiger partial charge in [-0.15, -0.1) is 0 Å². The Morgan fingerprint density at radius 2 is 0.684 bits per heavy atom. The number of imidazole rings is 2. The topological polar surface area (TPSA) is 164 Å². The van der Waals surface area contributed by atoms with E-state index in [1.54, 1.807) is 57.3 Å². The van der Waals surface area contributed by atoms with Crippen LogP contribution in [0.3, 0.4) is 0 Å². The number of hydrogen-bond donors (Lipinski definition) is 0. The molecule has 76 heavy (non-hydrogen) atoms. The van der Waals surface area contributed by atoms with E-state index in [1.165, 1.54) is 0 Å². The Kier molecular flexibility index (Phi) is 10.7. The molecule has 4 aromatic heterocycles. The zero-order chi connectivity index (χ0) is 51.9. The van der Waals surface area contributed by atoms with Gasteiger partial charge in [0.25, 0.3) is 11.1 Å². The summed E-state index contributed by atoms with van der Waals surface area (Å²) in [5, 5.41) is 43.9. The number of nitrogens with zero attached hydrogens (tertiary/aromatic N) is 8. The fourth-order valence-corrected chi connectivity index (χ4v) is 11.5. The van der Waals surface area contributed by atoms with Crippen molar-refractivity contribution in [1.82, 2.24) is 18.8 Å². The molecule has 0 fully saturated rings. The summed E-state index contributed by atoms with van der Waals surface area (Å²) in [6.07, 6.45) is 0. The highest BCUT2D eigenvalue weighted by atomic mass is 79.9. The molecule has 352 valence electrons. The fourth-order valence-electron chi connectivity index (χ4n) is 10.5. The highest BCUT2D eigenvalue weighted by molar-refractivity contribution is 9.11. The van der Waals surface area contributed by atoms with Crippen molar-refractivity contribution < 1.29 is 0 Å². The van der Waals surface area contributed by atoms with Crippen molar-refractivity contribution in [3.8, 4) is 68.8 Å². The largest absolute Gasteiger partial charge is 0.268 e. The van der Waals surface area contributed by atoms with Crippen molar-refractivity contribution in [2.45, 2.75) is 0 Å². The number of rotatable bonds is 4. The van der Waals surface area contributed by atoms with Gasteiger partial charge in [0, 0.05) is 52.4 Å². The molecule has 4 heterocycles. The van der Waals surface area contributed by atoms with E-state index in [1.807, 2.05) is 121 Å². The Bertz CT molecular complexity index is 4810. The summed E-state index contributed by atoms with van der Waals surface area (Å²) >= 11 is 7.26. The minimum atomic E-state index is -0.124. The van der Waals surface area contributed by atoms with E-state index in [-0.39, 0.29) is 11.1 Å². The van der Waals surface area contributed by atoms with Crippen LogP contribution < -0.4 is 11.1 Å². The lowest BCUT2D eigenvalue weighted by atomic mass is 9.96. The summed E-state index contributed by atoms with van der Waals surface area (Å²) in [5.41, 5.74) is 13.2. The van der Waals surface area contributed by atoms with Crippen LogP contribution in [0.4, 0.5) is 0 Å². The first-order valence-electron chi connectivity index (χ1n) is 23.8. The molecule has 0 spiro atoms. The molecule has 12 heteroatoms. The number of aromatic nitrogens is 4. The third kappa shape index (κ3) is 7.17. The van der Waals surface area contributed by atoms with Gasteiger partial charge in [-0.05, 0) is 147 Å². The molecule has 14 aromatic rings. The lowest BCUT2D eigenvalue weighted by Gasteiger charge is -2.10. The summed E-state index contributed by atoms with van der Waals surface area (Å²) in [5.74, 6) is 0. The molecule has 10 nitrogen and oxygen atoms in total. The van der Waals surface area contributed by atoms with Crippen molar-refractivity contribution in [3.05, 3.63) is 234 Å². The van der Waals surface area contributed by atoms with E-state index in [2.05, 4.69) is 68.3 Å². The number of halogens is 2. The summed E-state index contributed by atoms with van der Waals surface area (Å²) < 4.78 is 5.27. The molecular formula is C64H30Br2N8O2. The Morgan fingerprint density at radius 1 is 0.355 bits per heavy atom. The number of benzene rings is 10. The first-order chi connectivity index (χ1) is 37.1. The Balaban J connectivity index is 0.000000146. The predicted octanol–water partition coefficient (Wildman–Crippen LogP) is 14.9. The molecule has 0 aliphatic heterocycles. The summed E-state index contributed by atoms with van der Waals surface area (Å²) in [7, 11) is 0. The van der Waals surface area contributed by atoms with Crippen LogP contribution in [0.2, 0.25) is 0 Å². The van der Waals surface area contributed by atoms with Gasteiger partial charge in [0.15, 0.2) is 0 Å². The van der Waals surface area contributed by atoms with Crippen LogP contribution in [-0.4, -0.2) is 18.8 Å². The molecule has 0 unspecified atom stereocenters. The minimum absolute atomic E-state index is 0.124. The molecule has 0 saturated heterocycles. The molecule has 0 aliphatic carbocycles. The maximum Gasteiger partial charge on any atom is 0.264 e. The third-order valence-corrected chi connectivity index (χ3v) is 15.6. The number of fused-ring (bicyclic) bond motifs is 8. The zero-order valence-electron chi connectivity index (χ0n) is 39.5. The van der Waals surface area contributed by atoms with Gasteiger partial charge in [-0.2, -0.15) is 21.0 Å². The fraction of sp³-hybridized carbons (Fsp3) is 0. The molecule has 0 N–H and O–H groups in total. The molecule has 0 radical (unpaired) electrons. The van der Waals surface area contributed by atoms with Crippen molar-refractivity contribution in [2.75, 3.05) is 0 Å². The SMILES string of the molecule is N#Cc1ccc(-c2cc(-c3ccc(C#N)cc3)c3nc4c5ccc(Br)c6cccc(c(=O)n4c3c2)c65)cc1.N#Cc1ccc(-c2cc(-c3ccc(C#N)cc3)c3nc4c5cccc6c(Br)ccc(c(=O)n4c3c2)c65)cc1. The Labute approximate surface area is 448 Å². The lowest BCUT2D eigenvalue weighted by Crippen LogP contribution is -2.13. The van der Waals surface area contributed by atoms with Crippen LogP contribution in [0.1, 0.15) is 22.3 Å². The molecule has 10 aromatic carbocycles. The molecule has 14 rings (SSSR count). The average Bonchev–Trinajstić information content (AvgIpc) is 4.14. The van der Waals surface area contributed by atoms with Crippen LogP contribution in [-0.2, 0) is 0 Å². The second-order valence-electron chi connectivity index (χ2n) is 18.3. The van der Waals surface area contributed by atoms with Crippen molar-refractivity contribution in [3.63, 3.8) is 0 Å². The van der Waals surface area contributed by atoms with Crippen molar-refractivity contribution in [2.24, 2.45) is 0 Å². The van der Waals surface area contributed by atoms with Crippen LogP contribution in [0.15, 0.2) is 201 Å². The smallest absolute Gasteiger partial charge is 0.264 e. The van der Waals surface area contributed by atoms with E-state index in [9.17, 15) is 30.6 Å². The average molecular weight is 1100 g/mol. The predicted molar refractivity (Wildman–Crippen MR) is 306 cm³/mol. The first-order valence-corrected chi connectivity index (χ1v) is 25.4. The van der Waals surface area contributed by atoms with Crippen molar-refractivity contribution in [1.29, 1.82) is 21.0 Å². The maximum absolute atomic E-state index is 14.0. The second kappa shape index (κ2) is 17.8. The van der Waals surface area contributed by atoms with E-state index < -0.39 is 0 Å². The Hall–Kier alpha value is -10.1. The van der Waals surface area contributed by atoms with Crippen LogP contribution in [0.5, 0.6) is 0 Å². The minimum Gasteiger partial charge on any atom is -0.268 e. The summed E-state index contributed by atoms with van der Waals surface area (Å²) in [6.45, 7) is 0. The van der Waals surface area contributed by atoms with Crippen molar-refractivity contribution >= 4 is 108 Å². The normalized spacial score (nSPS) is 11.3. The number of nitriles is 4. The summed E-state index contributed by atoms with van der Waals surface area (Å²) in [4.78, 5) is 38.1. The first kappa shape index (κ1) is 45.8. The quantitative estimate of drug-likeness (QED) is 0.168.